The Kier molecular flexibility index (Phi) is 10.7. The van der Waals surface area contributed by atoms with Crippen LogP contribution in [-0.2, 0) is 22.4 Å². The second-order valence-corrected chi connectivity index (χ2v) is 13.9. The summed E-state index contributed by atoms with van der Waals surface area (Å²) in [6.45, 7) is 6.77. The molecule has 3 fully saturated rings. The van der Waals surface area contributed by atoms with Crippen molar-refractivity contribution in [3.8, 4) is 5.75 Å². The highest BCUT2D eigenvalue weighted by atomic mass is 35.5. The van der Waals surface area contributed by atoms with Gasteiger partial charge < -0.3 is 34.8 Å². The third-order valence-corrected chi connectivity index (χ3v) is 10.7. The number of nitrogens with one attached hydrogen (secondary N) is 1. The zero-order valence-electron chi connectivity index (χ0n) is 26.9. The second kappa shape index (κ2) is 14.9. The van der Waals surface area contributed by atoms with Gasteiger partial charge in [0, 0.05) is 83.1 Å². The first kappa shape index (κ1) is 33.6. The maximum absolute atomic E-state index is 13.9. The Labute approximate surface area is 286 Å². The van der Waals surface area contributed by atoms with Gasteiger partial charge >= 0.3 is 12.1 Å². The van der Waals surface area contributed by atoms with E-state index in [1.807, 2.05) is 29.2 Å². The molecule has 4 heterocycles. The third-order valence-electron chi connectivity index (χ3n) is 10.2. The van der Waals surface area contributed by atoms with E-state index < -0.39 is 12.2 Å². The molecular weight excluding hydrogens is 643 g/mol. The normalized spacial score (nSPS) is 21.2. The molecule has 3 saturated heterocycles. The molecule has 254 valence electrons. The summed E-state index contributed by atoms with van der Waals surface area (Å²) in [6.07, 6.45) is 2.17. The number of anilines is 1. The minimum atomic E-state index is -1.08. The summed E-state index contributed by atoms with van der Waals surface area (Å²) >= 11 is 12.4. The van der Waals surface area contributed by atoms with Gasteiger partial charge in [-0.1, -0.05) is 41.4 Å². The molecule has 6 rings (SSSR count). The Balaban J connectivity index is 1.08. The Hall–Kier alpha value is -3.25. The molecule has 4 aliphatic rings. The van der Waals surface area contributed by atoms with Crippen LogP contribution in [0.2, 0.25) is 10.0 Å². The van der Waals surface area contributed by atoms with Crippen LogP contribution in [0.15, 0.2) is 36.4 Å². The number of piperidine rings is 2. The number of rotatable bonds is 6. The van der Waals surface area contributed by atoms with Crippen molar-refractivity contribution in [3.63, 3.8) is 0 Å². The lowest BCUT2D eigenvalue weighted by molar-refractivity contribution is -0.142. The van der Waals surface area contributed by atoms with E-state index >= 15 is 0 Å². The maximum Gasteiger partial charge on any atom is 0.410 e. The predicted molar refractivity (Wildman–Crippen MR) is 181 cm³/mol. The number of likely N-dealkylation sites (tertiary alicyclic amines) is 2. The van der Waals surface area contributed by atoms with Gasteiger partial charge in [0.15, 0.2) is 11.9 Å². The second-order valence-electron chi connectivity index (χ2n) is 13.1. The van der Waals surface area contributed by atoms with Crippen LogP contribution in [0.25, 0.3) is 0 Å². The highest BCUT2D eigenvalue weighted by Gasteiger charge is 2.36. The summed E-state index contributed by atoms with van der Waals surface area (Å²) in [5.41, 5.74) is 2.54. The average molecular weight is 688 g/mol. The van der Waals surface area contributed by atoms with E-state index in [0.717, 1.165) is 56.7 Å². The van der Waals surface area contributed by atoms with E-state index in [0.29, 0.717) is 57.2 Å². The number of carbonyl (C=O) groups is 3. The number of aromatic hydroxyl groups is 1. The molecule has 0 bridgehead atoms. The van der Waals surface area contributed by atoms with Crippen LogP contribution in [0.4, 0.5) is 15.3 Å². The first-order valence-corrected chi connectivity index (χ1v) is 17.4. The number of piperazine rings is 1. The predicted octanol–water partition coefficient (Wildman–Crippen LogP) is 4.54. The molecule has 4 aliphatic heterocycles. The molecule has 0 aromatic heterocycles. The number of likely N-dealkylation sites (N-methyl/N-ethyl adjacent to an activating group) is 1. The van der Waals surface area contributed by atoms with Crippen LogP contribution in [0, 0.1) is 0 Å². The van der Waals surface area contributed by atoms with Gasteiger partial charge in [0.1, 0.15) is 0 Å². The molecule has 0 radical (unpaired) electrons. The minimum absolute atomic E-state index is 0.00586. The maximum atomic E-state index is 13.9. The van der Waals surface area contributed by atoms with E-state index in [1.54, 1.807) is 21.9 Å². The number of hydrogen-bond donors (Lipinski definition) is 2. The molecule has 2 aromatic carbocycles. The van der Waals surface area contributed by atoms with Gasteiger partial charge in [-0.25, -0.2) is 9.59 Å². The van der Waals surface area contributed by atoms with Crippen LogP contribution in [0.5, 0.6) is 5.75 Å². The van der Waals surface area contributed by atoms with Gasteiger partial charge in [-0.05, 0) is 68.5 Å². The highest BCUT2D eigenvalue weighted by Crippen LogP contribution is 2.34. The van der Waals surface area contributed by atoms with Crippen molar-refractivity contribution in [1.82, 2.24) is 24.5 Å². The summed E-state index contributed by atoms with van der Waals surface area (Å²) in [7, 11) is 2.14. The molecule has 2 N–H and O–H groups in total. The van der Waals surface area contributed by atoms with E-state index in [-0.39, 0.29) is 40.2 Å². The Morgan fingerprint density at radius 3 is 2.19 bits per heavy atom. The number of carbonyl (C=O) groups excluding carboxylic acids is 3. The Morgan fingerprint density at radius 1 is 0.894 bits per heavy atom. The quantitative estimate of drug-likeness (QED) is 0.460. The summed E-state index contributed by atoms with van der Waals surface area (Å²) in [6, 6.07) is 11.2. The number of urea groups is 1. The standard InChI is InChI=1S/C34H44Cl2N6O5/c1-38-16-18-39(19-17-38)25-7-11-40(12-8-25)32(44)30(22-23-20-27(35)31(43)28(36)21-23)47-34(46)41-13-9-26(10-14-41)42-15-6-24-4-2-3-5-29(24)37-33(42)45/h2-5,20-21,25-26,30,43H,6-19,22H2,1H3,(H,37,45)/t30-/m1/s1. The van der Waals surface area contributed by atoms with Crippen molar-refractivity contribution in [3.05, 3.63) is 57.6 Å². The van der Waals surface area contributed by atoms with Crippen molar-refractivity contribution in [2.45, 2.75) is 56.7 Å². The monoisotopic (exact) mass is 686 g/mol. The summed E-state index contributed by atoms with van der Waals surface area (Å²) in [5, 5.41) is 13.2. The van der Waals surface area contributed by atoms with Gasteiger partial charge in [0.05, 0.1) is 10.0 Å². The van der Waals surface area contributed by atoms with Crippen LogP contribution in [0.3, 0.4) is 0 Å². The number of amides is 4. The summed E-state index contributed by atoms with van der Waals surface area (Å²) in [5.74, 6) is -0.473. The number of hydrogen-bond acceptors (Lipinski definition) is 7. The topological polar surface area (TPSA) is 109 Å². The van der Waals surface area contributed by atoms with Crippen LogP contribution < -0.4 is 5.32 Å². The molecule has 4 amide bonds. The van der Waals surface area contributed by atoms with E-state index in [4.69, 9.17) is 27.9 Å². The molecule has 11 nitrogen and oxygen atoms in total. The molecule has 47 heavy (non-hydrogen) atoms. The fraction of sp³-hybridized carbons (Fsp3) is 0.559. The van der Waals surface area contributed by atoms with E-state index in [1.165, 1.54) is 0 Å². The lowest BCUT2D eigenvalue weighted by Gasteiger charge is -2.42. The van der Waals surface area contributed by atoms with Crippen molar-refractivity contribution < 1.29 is 24.2 Å². The SMILES string of the molecule is CN1CCN(C2CCN(C(=O)[C@@H](Cc3cc(Cl)c(O)c(Cl)c3)OC(=O)N3CCC(N4CCc5ccccc5NC4=O)CC3)CC2)CC1. The van der Waals surface area contributed by atoms with Gasteiger partial charge in [-0.15, -0.1) is 0 Å². The molecule has 13 heteroatoms. The van der Waals surface area contributed by atoms with Gasteiger partial charge in [0.2, 0.25) is 0 Å². The highest BCUT2D eigenvalue weighted by molar-refractivity contribution is 6.37. The fourth-order valence-electron chi connectivity index (χ4n) is 7.27. The smallest absolute Gasteiger partial charge is 0.410 e. The lowest BCUT2D eigenvalue weighted by Crippen LogP contribution is -2.54. The third kappa shape index (κ3) is 7.91. The summed E-state index contributed by atoms with van der Waals surface area (Å²) < 4.78 is 5.98. The van der Waals surface area contributed by atoms with Crippen LogP contribution in [-0.4, -0.2) is 132 Å². The number of phenolic OH excluding ortho intramolecular Hbond substituents is 1. The molecule has 0 aliphatic carbocycles. The lowest BCUT2D eigenvalue weighted by atomic mass is 10.0. The van der Waals surface area contributed by atoms with Gasteiger partial charge in [0.25, 0.3) is 5.91 Å². The van der Waals surface area contributed by atoms with E-state index in [2.05, 4.69) is 22.2 Å². The first-order valence-electron chi connectivity index (χ1n) is 16.7. The van der Waals surface area contributed by atoms with E-state index in [9.17, 15) is 19.5 Å². The molecular formula is C34H44Cl2N6O5. The number of phenols is 1. The number of halogens is 2. The number of fused-ring (bicyclic) bond motifs is 1. The van der Waals surface area contributed by atoms with Crippen molar-refractivity contribution in [1.29, 1.82) is 0 Å². The number of ether oxygens (including phenoxy) is 1. The molecule has 2 aromatic rings. The Morgan fingerprint density at radius 2 is 1.51 bits per heavy atom. The first-order chi connectivity index (χ1) is 22.7. The van der Waals surface area contributed by atoms with Crippen molar-refractivity contribution in [2.75, 3.05) is 71.3 Å². The average Bonchev–Trinajstić information content (AvgIpc) is 3.25. The van der Waals surface area contributed by atoms with Crippen molar-refractivity contribution in [2.24, 2.45) is 0 Å². The number of nitrogens with zero attached hydrogens (tertiary/aromatic N) is 5. The van der Waals surface area contributed by atoms with Crippen molar-refractivity contribution >= 4 is 46.9 Å². The fourth-order valence-corrected chi connectivity index (χ4v) is 7.80. The molecule has 0 unspecified atom stereocenters. The van der Waals surface area contributed by atoms with Gasteiger partial charge in [-0.3, -0.25) is 9.69 Å². The molecule has 0 spiro atoms. The minimum Gasteiger partial charge on any atom is -0.505 e. The van der Waals surface area contributed by atoms with Crippen LogP contribution in [0.1, 0.15) is 36.8 Å². The largest absolute Gasteiger partial charge is 0.505 e. The summed E-state index contributed by atoms with van der Waals surface area (Å²) in [4.78, 5) is 50.7. The number of benzene rings is 2. The molecule has 0 saturated carbocycles. The zero-order valence-corrected chi connectivity index (χ0v) is 28.4. The molecule has 1 atom stereocenters. The zero-order chi connectivity index (χ0) is 33.1. The van der Waals surface area contributed by atoms with Gasteiger partial charge in [-0.2, -0.15) is 0 Å². The Bertz CT molecular complexity index is 1430. The van der Waals surface area contributed by atoms with Crippen LogP contribution >= 0.6 is 23.2 Å². The number of para-hydroxylation sites is 1.